The Morgan fingerprint density at radius 3 is 2.29 bits per heavy atom. The molecule has 108 valence electrons. The van der Waals surface area contributed by atoms with Gasteiger partial charge in [0.15, 0.2) is 0 Å². The number of imidazole rings is 1. The lowest BCUT2D eigenvalue weighted by Crippen LogP contribution is -2.22. The minimum atomic E-state index is 0.0795. The molecule has 0 amide bonds. The fourth-order valence-electron chi connectivity index (χ4n) is 2.82. The fourth-order valence-corrected chi connectivity index (χ4v) is 2.82. The minimum absolute atomic E-state index is 0.0795. The monoisotopic (exact) mass is 280 g/mol. The van der Waals surface area contributed by atoms with Crippen LogP contribution in [0.5, 0.6) is 0 Å². The molecule has 0 radical (unpaired) electrons. The normalized spacial score (nSPS) is 11.1. The third kappa shape index (κ3) is 2.77. The van der Waals surface area contributed by atoms with E-state index >= 15 is 0 Å². The molecular formula is C18H20N2O. The number of aromatic nitrogens is 2. The zero-order chi connectivity index (χ0) is 14.7. The van der Waals surface area contributed by atoms with E-state index in [1.807, 2.05) is 41.9 Å². The second-order valence-corrected chi connectivity index (χ2v) is 5.42. The van der Waals surface area contributed by atoms with Crippen LogP contribution in [0.25, 0.3) is 11.0 Å². The summed E-state index contributed by atoms with van der Waals surface area (Å²) in [5, 5.41) is 0. The smallest absolute Gasteiger partial charge is 0.295 e. The second-order valence-electron chi connectivity index (χ2n) is 5.42. The van der Waals surface area contributed by atoms with E-state index in [1.165, 1.54) is 5.56 Å². The number of hydrogen-bond acceptors (Lipinski definition) is 1. The number of rotatable bonds is 5. The van der Waals surface area contributed by atoms with E-state index in [4.69, 9.17) is 0 Å². The van der Waals surface area contributed by atoms with E-state index in [1.54, 1.807) is 4.57 Å². The number of unbranched alkanes of at least 4 members (excludes halogenated alkanes) is 1. The average molecular weight is 280 g/mol. The molecule has 0 saturated heterocycles. The molecule has 3 rings (SSSR count). The zero-order valence-electron chi connectivity index (χ0n) is 12.3. The van der Waals surface area contributed by atoms with Gasteiger partial charge in [-0.05, 0) is 37.0 Å². The summed E-state index contributed by atoms with van der Waals surface area (Å²) in [5.74, 6) is 0. The molecule has 0 atom stereocenters. The number of aryl methyl sites for hydroxylation is 3. The van der Waals surface area contributed by atoms with Gasteiger partial charge in [-0.15, -0.1) is 0 Å². The molecule has 3 heteroatoms. The lowest BCUT2D eigenvalue weighted by Gasteiger charge is -2.04. The third-order valence-electron chi connectivity index (χ3n) is 3.99. The maximum atomic E-state index is 12.3. The quantitative estimate of drug-likeness (QED) is 0.658. The van der Waals surface area contributed by atoms with E-state index in [9.17, 15) is 4.79 Å². The van der Waals surface area contributed by atoms with Crippen molar-refractivity contribution in [3.05, 3.63) is 70.6 Å². The Morgan fingerprint density at radius 2 is 1.52 bits per heavy atom. The molecule has 0 aliphatic rings. The second kappa shape index (κ2) is 6.00. The Balaban J connectivity index is 1.69. The maximum absolute atomic E-state index is 12.3. The maximum Gasteiger partial charge on any atom is 0.328 e. The Labute approximate surface area is 124 Å². The summed E-state index contributed by atoms with van der Waals surface area (Å²) in [6.45, 7) is 0.785. The molecule has 0 aliphatic heterocycles. The molecule has 3 aromatic rings. The molecule has 0 fully saturated rings. The summed E-state index contributed by atoms with van der Waals surface area (Å²) >= 11 is 0. The molecule has 3 nitrogen and oxygen atoms in total. The van der Waals surface area contributed by atoms with Crippen LogP contribution in [-0.2, 0) is 20.0 Å². The Hall–Kier alpha value is -2.29. The highest BCUT2D eigenvalue weighted by Gasteiger charge is 2.08. The first-order chi connectivity index (χ1) is 10.3. The van der Waals surface area contributed by atoms with Crippen molar-refractivity contribution in [1.82, 2.24) is 9.13 Å². The third-order valence-corrected chi connectivity index (χ3v) is 3.99. The van der Waals surface area contributed by atoms with Crippen molar-refractivity contribution in [2.45, 2.75) is 25.8 Å². The van der Waals surface area contributed by atoms with Crippen LogP contribution in [-0.4, -0.2) is 9.13 Å². The van der Waals surface area contributed by atoms with E-state index in [0.717, 1.165) is 36.8 Å². The summed E-state index contributed by atoms with van der Waals surface area (Å²) < 4.78 is 3.62. The average Bonchev–Trinajstić information content (AvgIpc) is 2.77. The van der Waals surface area contributed by atoms with Gasteiger partial charge in [0.25, 0.3) is 0 Å². The SMILES string of the molecule is Cn1c(=O)n(CCCCc2ccccc2)c2ccccc21. The van der Waals surface area contributed by atoms with Gasteiger partial charge in [-0.3, -0.25) is 9.13 Å². The van der Waals surface area contributed by atoms with Gasteiger partial charge in [0.1, 0.15) is 0 Å². The van der Waals surface area contributed by atoms with Crippen molar-refractivity contribution in [3.8, 4) is 0 Å². The molecule has 21 heavy (non-hydrogen) atoms. The molecule has 0 unspecified atom stereocenters. The zero-order valence-corrected chi connectivity index (χ0v) is 12.3. The highest BCUT2D eigenvalue weighted by molar-refractivity contribution is 5.75. The van der Waals surface area contributed by atoms with Crippen LogP contribution in [0.3, 0.4) is 0 Å². The van der Waals surface area contributed by atoms with Gasteiger partial charge in [0.2, 0.25) is 0 Å². The highest BCUT2D eigenvalue weighted by atomic mass is 16.1. The summed E-state index contributed by atoms with van der Waals surface area (Å²) in [7, 11) is 1.84. The van der Waals surface area contributed by atoms with Crippen molar-refractivity contribution in [1.29, 1.82) is 0 Å². The first kappa shape index (κ1) is 13.7. The van der Waals surface area contributed by atoms with Crippen molar-refractivity contribution in [3.63, 3.8) is 0 Å². The van der Waals surface area contributed by atoms with Gasteiger partial charge in [0, 0.05) is 13.6 Å². The van der Waals surface area contributed by atoms with Gasteiger partial charge >= 0.3 is 5.69 Å². The topological polar surface area (TPSA) is 26.9 Å². The summed E-state index contributed by atoms with van der Waals surface area (Å²) in [4.78, 5) is 12.3. The van der Waals surface area contributed by atoms with Crippen molar-refractivity contribution in [2.24, 2.45) is 7.05 Å². The number of hydrogen-bond donors (Lipinski definition) is 0. The molecule has 0 bridgehead atoms. The van der Waals surface area contributed by atoms with E-state index < -0.39 is 0 Å². The van der Waals surface area contributed by atoms with Crippen LogP contribution in [0.15, 0.2) is 59.4 Å². The highest BCUT2D eigenvalue weighted by Crippen LogP contribution is 2.13. The van der Waals surface area contributed by atoms with Crippen molar-refractivity contribution >= 4 is 11.0 Å². The van der Waals surface area contributed by atoms with Crippen LogP contribution in [0.1, 0.15) is 18.4 Å². The molecule has 2 aromatic carbocycles. The Morgan fingerprint density at radius 1 is 0.857 bits per heavy atom. The van der Waals surface area contributed by atoms with Gasteiger partial charge in [-0.25, -0.2) is 4.79 Å². The summed E-state index contributed by atoms with van der Waals surface area (Å²) in [6.07, 6.45) is 3.18. The summed E-state index contributed by atoms with van der Waals surface area (Å²) in [6, 6.07) is 18.5. The Bertz CT molecular complexity index is 784. The van der Waals surface area contributed by atoms with Crippen LogP contribution in [0, 0.1) is 0 Å². The van der Waals surface area contributed by atoms with Crippen LogP contribution in [0.4, 0.5) is 0 Å². The van der Waals surface area contributed by atoms with Gasteiger partial charge in [-0.1, -0.05) is 42.5 Å². The molecule has 0 N–H and O–H groups in total. The predicted molar refractivity (Wildman–Crippen MR) is 86.6 cm³/mol. The number of nitrogens with zero attached hydrogens (tertiary/aromatic N) is 2. The summed E-state index contributed by atoms with van der Waals surface area (Å²) in [5.41, 5.74) is 3.48. The van der Waals surface area contributed by atoms with Crippen molar-refractivity contribution in [2.75, 3.05) is 0 Å². The first-order valence-corrected chi connectivity index (χ1v) is 7.45. The van der Waals surface area contributed by atoms with E-state index in [0.29, 0.717) is 0 Å². The number of fused-ring (bicyclic) bond motifs is 1. The van der Waals surface area contributed by atoms with Gasteiger partial charge in [-0.2, -0.15) is 0 Å². The predicted octanol–water partition coefficient (Wildman–Crippen LogP) is 3.36. The van der Waals surface area contributed by atoms with Gasteiger partial charge < -0.3 is 0 Å². The molecule has 0 saturated carbocycles. The van der Waals surface area contributed by atoms with E-state index in [-0.39, 0.29) is 5.69 Å². The standard InChI is InChI=1S/C18H20N2O/c1-19-16-12-5-6-13-17(16)20(18(19)21)14-8-7-11-15-9-3-2-4-10-15/h2-6,9-10,12-13H,7-8,11,14H2,1H3. The molecule has 1 heterocycles. The van der Waals surface area contributed by atoms with Crippen LogP contribution >= 0.6 is 0 Å². The minimum Gasteiger partial charge on any atom is -0.295 e. The van der Waals surface area contributed by atoms with Crippen LogP contribution < -0.4 is 5.69 Å². The molecular weight excluding hydrogens is 260 g/mol. The molecule has 0 aliphatic carbocycles. The number of para-hydroxylation sites is 2. The lowest BCUT2D eigenvalue weighted by atomic mass is 10.1. The van der Waals surface area contributed by atoms with Gasteiger partial charge in [0.05, 0.1) is 11.0 Å². The fraction of sp³-hybridized carbons (Fsp3) is 0.278. The lowest BCUT2D eigenvalue weighted by molar-refractivity contribution is 0.596. The first-order valence-electron chi connectivity index (χ1n) is 7.45. The Kier molecular flexibility index (Phi) is 3.91. The largest absolute Gasteiger partial charge is 0.328 e. The van der Waals surface area contributed by atoms with Crippen molar-refractivity contribution < 1.29 is 0 Å². The molecule has 0 spiro atoms. The van der Waals surface area contributed by atoms with Crippen LogP contribution in [0.2, 0.25) is 0 Å². The van der Waals surface area contributed by atoms with E-state index in [2.05, 4.69) is 24.3 Å². The molecule has 1 aromatic heterocycles. The number of benzene rings is 2.